The summed E-state index contributed by atoms with van der Waals surface area (Å²) in [6.45, 7) is 1.95. The van der Waals surface area contributed by atoms with E-state index in [1.165, 1.54) is 6.20 Å². The molecule has 0 unspecified atom stereocenters. The van der Waals surface area contributed by atoms with Gasteiger partial charge < -0.3 is 5.32 Å². The van der Waals surface area contributed by atoms with Crippen LogP contribution in [0.15, 0.2) is 24.4 Å². The van der Waals surface area contributed by atoms with Crippen LogP contribution in [0.5, 0.6) is 0 Å². The Balaban J connectivity index is 2.63. The maximum absolute atomic E-state index is 13.8. The van der Waals surface area contributed by atoms with Crippen LogP contribution in [0.4, 0.5) is 22.0 Å². The zero-order valence-electron chi connectivity index (χ0n) is 15.0. The van der Waals surface area contributed by atoms with Crippen molar-refractivity contribution < 1.29 is 26.7 Å². The summed E-state index contributed by atoms with van der Waals surface area (Å²) in [4.78, 5) is 16.7. The van der Waals surface area contributed by atoms with Gasteiger partial charge in [-0.25, -0.2) is 0 Å². The number of unbranched alkanes of at least 4 members (excludes halogenated alkanes) is 1. The van der Waals surface area contributed by atoms with Gasteiger partial charge in [0.25, 0.3) is 5.91 Å². The van der Waals surface area contributed by atoms with E-state index in [0.717, 1.165) is 12.5 Å². The SMILES string of the molecule is CCCCc1cnc2ccc(C(F)(F)C(F)(F)F)cc2c1C(=O)NCCC#N. The monoisotopic (exact) mass is 399 g/mol. The van der Waals surface area contributed by atoms with Crippen molar-refractivity contribution in [2.24, 2.45) is 0 Å². The highest BCUT2D eigenvalue weighted by molar-refractivity contribution is 6.07. The Hall–Kier alpha value is -2.76. The fraction of sp³-hybridized carbons (Fsp3) is 0.421. The third kappa shape index (κ3) is 4.38. The lowest BCUT2D eigenvalue weighted by molar-refractivity contribution is -0.289. The van der Waals surface area contributed by atoms with Gasteiger partial charge in [-0.2, -0.15) is 27.2 Å². The average molecular weight is 399 g/mol. The number of benzene rings is 1. The first-order chi connectivity index (χ1) is 13.1. The molecule has 1 amide bonds. The number of amides is 1. The molecule has 0 fully saturated rings. The molecule has 0 bridgehead atoms. The topological polar surface area (TPSA) is 65.8 Å². The highest BCUT2D eigenvalue weighted by atomic mass is 19.4. The fourth-order valence-corrected chi connectivity index (χ4v) is 2.74. The normalized spacial score (nSPS) is 12.0. The van der Waals surface area contributed by atoms with Crippen LogP contribution in [0.25, 0.3) is 10.9 Å². The minimum Gasteiger partial charge on any atom is -0.351 e. The molecule has 4 nitrogen and oxygen atoms in total. The lowest BCUT2D eigenvalue weighted by Gasteiger charge is -2.21. The van der Waals surface area contributed by atoms with Crippen LogP contribution in [0.3, 0.4) is 0 Å². The molecule has 0 atom stereocenters. The number of aryl methyl sites for hydroxylation is 1. The Labute approximate surface area is 158 Å². The highest BCUT2D eigenvalue weighted by Gasteiger charge is 2.58. The molecule has 0 saturated carbocycles. The van der Waals surface area contributed by atoms with Gasteiger partial charge in [-0.15, -0.1) is 0 Å². The Morgan fingerprint density at radius 1 is 1.25 bits per heavy atom. The number of nitrogens with zero attached hydrogens (tertiary/aromatic N) is 2. The van der Waals surface area contributed by atoms with E-state index in [1.54, 1.807) is 0 Å². The van der Waals surface area contributed by atoms with E-state index in [1.807, 2.05) is 13.0 Å². The van der Waals surface area contributed by atoms with Gasteiger partial charge in [0, 0.05) is 23.7 Å². The number of carbonyl (C=O) groups excluding carboxylic acids is 1. The molecule has 0 aliphatic carbocycles. The summed E-state index contributed by atoms with van der Waals surface area (Å²) in [5.74, 6) is -5.70. The molecule has 9 heteroatoms. The quantitative estimate of drug-likeness (QED) is 0.533. The molecule has 0 radical (unpaired) electrons. The molecule has 2 aromatic rings. The Morgan fingerprint density at radius 3 is 2.57 bits per heavy atom. The number of nitriles is 1. The second kappa shape index (κ2) is 8.50. The molecule has 1 N–H and O–H groups in total. The molecule has 1 aromatic heterocycles. The van der Waals surface area contributed by atoms with E-state index in [4.69, 9.17) is 5.26 Å². The molecule has 0 aliphatic rings. The number of alkyl halides is 5. The van der Waals surface area contributed by atoms with Crippen molar-refractivity contribution in [3.8, 4) is 6.07 Å². The second-order valence-electron chi connectivity index (χ2n) is 6.23. The standard InChI is InChI=1S/C19H18F5N3O/c1-2-3-5-12-11-27-15-7-6-13(18(20,21)19(22,23)24)10-14(15)16(12)17(28)26-9-4-8-25/h6-7,10-11H,2-5,9H2,1H3,(H,26,28). The van der Waals surface area contributed by atoms with Crippen LogP contribution >= 0.6 is 0 Å². The molecule has 0 spiro atoms. The number of pyridine rings is 1. The third-order valence-electron chi connectivity index (χ3n) is 4.21. The molecule has 150 valence electrons. The second-order valence-corrected chi connectivity index (χ2v) is 6.23. The van der Waals surface area contributed by atoms with Gasteiger partial charge in [0.1, 0.15) is 0 Å². The van der Waals surface area contributed by atoms with E-state index in [0.29, 0.717) is 30.5 Å². The number of aromatic nitrogens is 1. The zero-order valence-corrected chi connectivity index (χ0v) is 15.0. The van der Waals surface area contributed by atoms with E-state index in [9.17, 15) is 26.7 Å². The van der Waals surface area contributed by atoms with Crippen LogP contribution < -0.4 is 5.32 Å². The predicted molar refractivity (Wildman–Crippen MR) is 92.9 cm³/mol. The molecule has 0 aliphatic heterocycles. The first-order valence-corrected chi connectivity index (χ1v) is 8.65. The van der Waals surface area contributed by atoms with Crippen molar-refractivity contribution in [3.63, 3.8) is 0 Å². The van der Waals surface area contributed by atoms with Crippen LogP contribution in [0.2, 0.25) is 0 Å². The predicted octanol–water partition coefficient (Wildman–Crippen LogP) is 4.87. The molecular weight excluding hydrogens is 381 g/mol. The van der Waals surface area contributed by atoms with Crippen molar-refractivity contribution in [2.45, 2.75) is 44.7 Å². The lowest BCUT2D eigenvalue weighted by atomic mass is 9.96. The van der Waals surface area contributed by atoms with Crippen molar-refractivity contribution in [1.29, 1.82) is 5.26 Å². The molecule has 2 rings (SSSR count). The van der Waals surface area contributed by atoms with Crippen LogP contribution in [-0.2, 0) is 12.3 Å². The lowest BCUT2D eigenvalue weighted by Crippen LogP contribution is -2.33. The van der Waals surface area contributed by atoms with Gasteiger partial charge in [0.15, 0.2) is 0 Å². The molecule has 0 saturated heterocycles. The van der Waals surface area contributed by atoms with E-state index < -0.39 is 23.6 Å². The van der Waals surface area contributed by atoms with Gasteiger partial charge in [0.05, 0.1) is 23.6 Å². The largest absolute Gasteiger partial charge is 0.458 e. The number of fused-ring (bicyclic) bond motifs is 1. The summed E-state index contributed by atoms with van der Waals surface area (Å²) >= 11 is 0. The molecule has 28 heavy (non-hydrogen) atoms. The third-order valence-corrected chi connectivity index (χ3v) is 4.21. The van der Waals surface area contributed by atoms with Gasteiger partial charge in [-0.3, -0.25) is 9.78 Å². The van der Waals surface area contributed by atoms with E-state index >= 15 is 0 Å². The van der Waals surface area contributed by atoms with Gasteiger partial charge >= 0.3 is 12.1 Å². The Morgan fingerprint density at radius 2 is 1.96 bits per heavy atom. The Kier molecular flexibility index (Phi) is 6.54. The summed E-state index contributed by atoms with van der Waals surface area (Å²) in [7, 11) is 0. The van der Waals surface area contributed by atoms with E-state index in [2.05, 4.69) is 10.3 Å². The van der Waals surface area contributed by atoms with Gasteiger partial charge in [-0.05, 0) is 30.5 Å². The highest BCUT2D eigenvalue weighted by Crippen LogP contribution is 2.44. The number of carbonyl (C=O) groups is 1. The number of halogens is 5. The number of rotatable bonds is 7. The van der Waals surface area contributed by atoms with Crippen LogP contribution in [0.1, 0.15) is 47.7 Å². The number of hydrogen-bond donors (Lipinski definition) is 1. The zero-order chi connectivity index (χ0) is 20.9. The summed E-state index contributed by atoms with van der Waals surface area (Å²) < 4.78 is 65.8. The minimum absolute atomic E-state index is 0.0104. The summed E-state index contributed by atoms with van der Waals surface area (Å²) in [5.41, 5.74) is -0.659. The Bertz CT molecular complexity index is 903. The maximum atomic E-state index is 13.8. The van der Waals surface area contributed by atoms with Gasteiger partial charge in [0.2, 0.25) is 0 Å². The number of hydrogen-bond acceptors (Lipinski definition) is 3. The smallest absolute Gasteiger partial charge is 0.351 e. The summed E-state index contributed by atoms with van der Waals surface area (Å²) in [6, 6.07) is 4.23. The minimum atomic E-state index is -5.76. The van der Waals surface area contributed by atoms with Crippen molar-refractivity contribution in [2.75, 3.05) is 6.54 Å². The molecule has 1 heterocycles. The summed E-state index contributed by atoms with van der Waals surface area (Å²) in [6.07, 6.45) is -2.40. The first-order valence-electron chi connectivity index (χ1n) is 8.65. The fourth-order valence-electron chi connectivity index (χ4n) is 2.74. The van der Waals surface area contributed by atoms with Crippen molar-refractivity contribution in [1.82, 2.24) is 10.3 Å². The summed E-state index contributed by atoms with van der Waals surface area (Å²) in [5, 5.41) is 11.0. The molecular formula is C19H18F5N3O. The van der Waals surface area contributed by atoms with Gasteiger partial charge in [-0.1, -0.05) is 19.4 Å². The average Bonchev–Trinajstić information content (AvgIpc) is 2.64. The van der Waals surface area contributed by atoms with Crippen molar-refractivity contribution in [3.05, 3.63) is 41.1 Å². The van der Waals surface area contributed by atoms with Crippen LogP contribution in [0, 0.1) is 11.3 Å². The number of nitrogens with one attached hydrogen (secondary N) is 1. The van der Waals surface area contributed by atoms with Crippen molar-refractivity contribution >= 4 is 16.8 Å². The maximum Gasteiger partial charge on any atom is 0.458 e. The van der Waals surface area contributed by atoms with E-state index in [-0.39, 0.29) is 29.4 Å². The van der Waals surface area contributed by atoms with Crippen LogP contribution in [-0.4, -0.2) is 23.6 Å². The first kappa shape index (κ1) is 21.5. The molecule has 1 aromatic carbocycles.